The summed E-state index contributed by atoms with van der Waals surface area (Å²) in [5.41, 5.74) is 6.36. The quantitative estimate of drug-likeness (QED) is 0.855. The lowest BCUT2D eigenvalue weighted by Gasteiger charge is -2.07. The molecule has 0 saturated heterocycles. The third-order valence-electron chi connectivity index (χ3n) is 1.95. The molecule has 2 N–H and O–H groups in total. The summed E-state index contributed by atoms with van der Waals surface area (Å²) < 4.78 is 7.30. The molecule has 1 heterocycles. The van der Waals surface area contributed by atoms with Crippen LogP contribution in [0.4, 0.5) is 5.69 Å². The number of anilines is 1. The number of hydrogen-bond acceptors (Lipinski definition) is 3. The highest BCUT2D eigenvalue weighted by Crippen LogP contribution is 2.29. The van der Waals surface area contributed by atoms with Crippen molar-refractivity contribution in [3.8, 4) is 5.75 Å². The van der Waals surface area contributed by atoms with Crippen LogP contribution in [0.1, 0.15) is 4.88 Å². The van der Waals surface area contributed by atoms with E-state index in [0.717, 1.165) is 19.4 Å². The second-order valence-corrected chi connectivity index (χ2v) is 5.84. The van der Waals surface area contributed by atoms with Gasteiger partial charge in [-0.1, -0.05) is 11.6 Å². The Hall–Kier alpha value is -0.710. The first-order chi connectivity index (χ1) is 7.65. The first-order valence-corrected chi connectivity index (χ1v) is 6.56. The molecule has 0 unspecified atom stereocenters. The average molecular weight is 319 g/mol. The Morgan fingerprint density at radius 1 is 1.31 bits per heavy atom. The van der Waals surface area contributed by atoms with E-state index in [4.69, 9.17) is 22.1 Å². The van der Waals surface area contributed by atoms with Crippen molar-refractivity contribution in [1.82, 2.24) is 0 Å². The average Bonchev–Trinajstić information content (AvgIpc) is 2.66. The van der Waals surface area contributed by atoms with E-state index in [1.54, 1.807) is 6.07 Å². The van der Waals surface area contributed by atoms with Crippen molar-refractivity contribution in [2.75, 3.05) is 5.73 Å². The van der Waals surface area contributed by atoms with E-state index in [-0.39, 0.29) is 0 Å². The molecule has 0 bridgehead atoms. The van der Waals surface area contributed by atoms with Crippen LogP contribution in [0.5, 0.6) is 5.75 Å². The first-order valence-electron chi connectivity index (χ1n) is 4.57. The monoisotopic (exact) mass is 317 g/mol. The van der Waals surface area contributed by atoms with Crippen LogP contribution in [0.3, 0.4) is 0 Å². The molecule has 0 aliphatic heterocycles. The zero-order valence-electron chi connectivity index (χ0n) is 8.24. The number of nitrogen functional groups attached to an aromatic ring is 1. The molecule has 0 aliphatic rings. The van der Waals surface area contributed by atoms with Crippen LogP contribution in [0.2, 0.25) is 4.34 Å². The molecule has 0 aliphatic carbocycles. The van der Waals surface area contributed by atoms with Gasteiger partial charge in [-0.05, 0) is 40.2 Å². The number of thiophene rings is 1. The van der Waals surface area contributed by atoms with Gasteiger partial charge in [0.05, 0.1) is 8.81 Å². The van der Waals surface area contributed by atoms with Gasteiger partial charge in [-0.2, -0.15) is 0 Å². The normalized spacial score (nSPS) is 10.4. The standard InChI is InChI=1S/C11H9BrClNOS/c12-9-3-1-7(14)5-10(9)15-6-8-2-4-11(13)16-8/h1-5H,6,14H2. The number of nitrogens with two attached hydrogens (primary N) is 1. The molecule has 5 heteroatoms. The Kier molecular flexibility index (Phi) is 3.74. The van der Waals surface area contributed by atoms with Crippen LogP contribution in [0, 0.1) is 0 Å². The summed E-state index contributed by atoms with van der Waals surface area (Å²) >= 11 is 10.7. The number of benzene rings is 1. The molecule has 1 aromatic heterocycles. The molecular weight excluding hydrogens is 310 g/mol. The van der Waals surface area contributed by atoms with Crippen molar-refractivity contribution in [3.63, 3.8) is 0 Å². The van der Waals surface area contributed by atoms with Crippen LogP contribution < -0.4 is 10.5 Å². The second-order valence-electron chi connectivity index (χ2n) is 3.18. The predicted molar refractivity (Wildman–Crippen MR) is 72.2 cm³/mol. The molecular formula is C11H9BrClNOS. The molecule has 2 aromatic rings. The van der Waals surface area contributed by atoms with Crippen molar-refractivity contribution in [2.24, 2.45) is 0 Å². The Bertz CT molecular complexity index is 500. The zero-order chi connectivity index (χ0) is 11.5. The van der Waals surface area contributed by atoms with E-state index < -0.39 is 0 Å². The Morgan fingerprint density at radius 3 is 2.81 bits per heavy atom. The van der Waals surface area contributed by atoms with E-state index >= 15 is 0 Å². The molecule has 0 atom stereocenters. The smallest absolute Gasteiger partial charge is 0.136 e. The summed E-state index contributed by atoms with van der Waals surface area (Å²) in [6.07, 6.45) is 0. The highest BCUT2D eigenvalue weighted by Gasteiger charge is 2.03. The Balaban J connectivity index is 2.07. The highest BCUT2D eigenvalue weighted by molar-refractivity contribution is 9.10. The van der Waals surface area contributed by atoms with E-state index in [0.29, 0.717) is 12.3 Å². The topological polar surface area (TPSA) is 35.2 Å². The van der Waals surface area contributed by atoms with Gasteiger partial charge in [0.1, 0.15) is 12.4 Å². The van der Waals surface area contributed by atoms with Crippen molar-refractivity contribution in [2.45, 2.75) is 6.61 Å². The molecule has 0 radical (unpaired) electrons. The van der Waals surface area contributed by atoms with Gasteiger partial charge in [-0.15, -0.1) is 11.3 Å². The molecule has 2 rings (SSSR count). The molecule has 0 spiro atoms. The summed E-state index contributed by atoms with van der Waals surface area (Å²) in [6, 6.07) is 9.29. The minimum absolute atomic E-state index is 0.499. The first kappa shape index (κ1) is 11.8. The van der Waals surface area contributed by atoms with E-state index in [2.05, 4.69) is 15.9 Å². The fraction of sp³-hybridized carbons (Fsp3) is 0.0909. The second kappa shape index (κ2) is 5.08. The lowest BCUT2D eigenvalue weighted by atomic mass is 10.3. The van der Waals surface area contributed by atoms with Gasteiger partial charge in [0.2, 0.25) is 0 Å². The van der Waals surface area contributed by atoms with Crippen LogP contribution in [-0.2, 0) is 6.61 Å². The molecule has 84 valence electrons. The van der Waals surface area contributed by atoms with Crippen LogP contribution >= 0.6 is 38.9 Å². The fourth-order valence-electron chi connectivity index (χ4n) is 1.21. The summed E-state index contributed by atoms with van der Waals surface area (Å²) in [5, 5.41) is 0. The Morgan fingerprint density at radius 2 is 2.12 bits per heavy atom. The maximum atomic E-state index is 5.83. The maximum Gasteiger partial charge on any atom is 0.136 e. The van der Waals surface area contributed by atoms with Crippen molar-refractivity contribution >= 4 is 44.6 Å². The number of halogens is 2. The summed E-state index contributed by atoms with van der Waals surface area (Å²) in [4.78, 5) is 1.08. The Labute approximate surface area is 111 Å². The number of ether oxygens (including phenoxy) is 1. The van der Waals surface area contributed by atoms with Crippen molar-refractivity contribution in [1.29, 1.82) is 0 Å². The van der Waals surface area contributed by atoms with Gasteiger partial charge >= 0.3 is 0 Å². The fourth-order valence-corrected chi connectivity index (χ4v) is 2.57. The van der Waals surface area contributed by atoms with Gasteiger partial charge in [0.15, 0.2) is 0 Å². The van der Waals surface area contributed by atoms with E-state index in [1.807, 2.05) is 24.3 Å². The van der Waals surface area contributed by atoms with Gasteiger partial charge < -0.3 is 10.5 Å². The van der Waals surface area contributed by atoms with Crippen molar-refractivity contribution < 1.29 is 4.74 Å². The SMILES string of the molecule is Nc1ccc(Br)c(OCc2ccc(Cl)s2)c1. The molecule has 2 nitrogen and oxygen atoms in total. The lowest BCUT2D eigenvalue weighted by Crippen LogP contribution is -1.95. The third kappa shape index (κ3) is 2.90. The van der Waals surface area contributed by atoms with Gasteiger partial charge in [-0.25, -0.2) is 0 Å². The summed E-state index contributed by atoms with van der Waals surface area (Å²) in [7, 11) is 0. The van der Waals surface area contributed by atoms with Crippen LogP contribution in [-0.4, -0.2) is 0 Å². The molecule has 0 amide bonds. The molecule has 0 saturated carbocycles. The molecule has 16 heavy (non-hydrogen) atoms. The van der Waals surface area contributed by atoms with Crippen LogP contribution in [0.25, 0.3) is 0 Å². The van der Waals surface area contributed by atoms with Crippen LogP contribution in [0.15, 0.2) is 34.8 Å². The largest absolute Gasteiger partial charge is 0.487 e. The van der Waals surface area contributed by atoms with E-state index in [1.165, 1.54) is 11.3 Å². The molecule has 1 aromatic carbocycles. The minimum atomic E-state index is 0.499. The lowest BCUT2D eigenvalue weighted by molar-refractivity contribution is 0.308. The minimum Gasteiger partial charge on any atom is -0.487 e. The third-order valence-corrected chi connectivity index (χ3v) is 3.81. The number of rotatable bonds is 3. The predicted octanol–water partition coefficient (Wildman–Crippen LogP) is 4.33. The summed E-state index contributed by atoms with van der Waals surface area (Å²) in [6.45, 7) is 0.499. The van der Waals surface area contributed by atoms with Crippen molar-refractivity contribution in [3.05, 3.63) is 44.0 Å². The van der Waals surface area contributed by atoms with Gasteiger partial charge in [0, 0.05) is 16.6 Å². The number of hydrogen-bond donors (Lipinski definition) is 1. The zero-order valence-corrected chi connectivity index (χ0v) is 11.4. The van der Waals surface area contributed by atoms with E-state index in [9.17, 15) is 0 Å². The van der Waals surface area contributed by atoms with Gasteiger partial charge in [0.25, 0.3) is 0 Å². The summed E-state index contributed by atoms with van der Waals surface area (Å²) in [5.74, 6) is 0.740. The highest BCUT2D eigenvalue weighted by atomic mass is 79.9. The van der Waals surface area contributed by atoms with Gasteiger partial charge in [-0.3, -0.25) is 0 Å². The maximum absolute atomic E-state index is 5.83. The molecule has 0 fully saturated rings.